The van der Waals surface area contributed by atoms with E-state index >= 15 is 0 Å². The number of carbonyl (C=O) groups excluding carboxylic acids is 2. The third-order valence-corrected chi connectivity index (χ3v) is 5.77. The van der Waals surface area contributed by atoms with E-state index in [9.17, 15) is 14.0 Å². The smallest absolute Gasteiger partial charge is 0.319 e. The lowest BCUT2D eigenvalue weighted by molar-refractivity contribution is -0.137. The Morgan fingerprint density at radius 3 is 2.59 bits per heavy atom. The molecule has 1 heterocycles. The van der Waals surface area contributed by atoms with Crippen molar-refractivity contribution in [1.82, 2.24) is 10.2 Å². The maximum Gasteiger partial charge on any atom is 0.319 e. The number of anilines is 1. The number of unbranched alkanes of at least 4 members (excludes halogenated alkanes) is 1. The lowest BCUT2D eigenvalue weighted by Gasteiger charge is -2.44. The number of benzene rings is 1. The lowest BCUT2D eigenvalue weighted by Crippen LogP contribution is -2.49. The Bertz CT molecular complexity index is 633. The molecule has 1 aliphatic heterocycles. The molecular weight excluding hydrogens is 345 g/mol. The summed E-state index contributed by atoms with van der Waals surface area (Å²) in [5.41, 5.74) is 0.552. The van der Waals surface area contributed by atoms with Gasteiger partial charge in [-0.25, -0.2) is 9.18 Å². The molecule has 5 nitrogen and oxygen atoms in total. The summed E-state index contributed by atoms with van der Waals surface area (Å²) in [6, 6.07) is 5.81. The van der Waals surface area contributed by atoms with Crippen molar-refractivity contribution in [3.8, 4) is 0 Å². The summed E-state index contributed by atoms with van der Waals surface area (Å²) >= 11 is 0. The van der Waals surface area contributed by atoms with Gasteiger partial charge >= 0.3 is 6.03 Å². The van der Waals surface area contributed by atoms with Crippen LogP contribution in [-0.4, -0.2) is 36.0 Å². The van der Waals surface area contributed by atoms with Crippen molar-refractivity contribution >= 4 is 17.6 Å². The molecule has 0 bridgehead atoms. The number of amides is 3. The number of carbonyl (C=O) groups is 2. The van der Waals surface area contributed by atoms with Crippen LogP contribution in [0, 0.1) is 11.7 Å². The highest BCUT2D eigenvalue weighted by Gasteiger charge is 2.35. The van der Waals surface area contributed by atoms with E-state index in [0.29, 0.717) is 30.6 Å². The number of likely N-dealkylation sites (tertiary alicyclic amines) is 1. The first kappa shape index (κ1) is 19.6. The second-order valence-electron chi connectivity index (χ2n) is 7.69. The number of fused-ring (bicyclic) bond motifs is 1. The minimum absolute atomic E-state index is 0.280. The van der Waals surface area contributed by atoms with Crippen LogP contribution >= 0.6 is 0 Å². The van der Waals surface area contributed by atoms with E-state index in [4.69, 9.17) is 0 Å². The van der Waals surface area contributed by atoms with Gasteiger partial charge in [0.25, 0.3) is 0 Å². The molecule has 2 N–H and O–H groups in total. The first-order chi connectivity index (χ1) is 13.1. The Morgan fingerprint density at radius 2 is 1.78 bits per heavy atom. The number of halogens is 1. The van der Waals surface area contributed by atoms with Crippen LogP contribution in [0.25, 0.3) is 0 Å². The summed E-state index contributed by atoms with van der Waals surface area (Å²) < 4.78 is 12.8. The number of nitrogens with zero attached hydrogens (tertiary/aromatic N) is 1. The van der Waals surface area contributed by atoms with E-state index < -0.39 is 0 Å². The van der Waals surface area contributed by atoms with Gasteiger partial charge in [-0.1, -0.05) is 12.8 Å². The van der Waals surface area contributed by atoms with Crippen LogP contribution in [0.1, 0.15) is 57.8 Å². The van der Waals surface area contributed by atoms with E-state index in [2.05, 4.69) is 15.5 Å². The summed E-state index contributed by atoms with van der Waals surface area (Å²) in [7, 11) is 0. The molecule has 6 heteroatoms. The summed E-state index contributed by atoms with van der Waals surface area (Å²) in [5.74, 6) is 0.662. The molecule has 1 saturated heterocycles. The Morgan fingerprint density at radius 1 is 1.04 bits per heavy atom. The van der Waals surface area contributed by atoms with Gasteiger partial charge in [0.05, 0.1) is 0 Å². The maximum atomic E-state index is 12.8. The van der Waals surface area contributed by atoms with E-state index in [-0.39, 0.29) is 17.8 Å². The standard InChI is InChI=1S/C21H30FN3O2/c22-17-10-12-18(13-11-17)24-21(27)23-14-4-3-9-20(26)25-15-5-7-16-6-1-2-8-19(16)25/h10-13,16,19H,1-9,14-15H2,(H2,23,24,27). The first-order valence-corrected chi connectivity index (χ1v) is 10.2. The fourth-order valence-electron chi connectivity index (χ4n) is 4.39. The van der Waals surface area contributed by atoms with Gasteiger partial charge in [-0.2, -0.15) is 0 Å². The van der Waals surface area contributed by atoms with Crippen LogP contribution in [0.2, 0.25) is 0 Å². The van der Waals surface area contributed by atoms with Crippen molar-refractivity contribution in [3.05, 3.63) is 30.1 Å². The zero-order chi connectivity index (χ0) is 19.1. The van der Waals surface area contributed by atoms with Crippen molar-refractivity contribution in [1.29, 1.82) is 0 Å². The Kier molecular flexibility index (Phi) is 7.07. The molecule has 3 rings (SSSR count). The molecule has 2 atom stereocenters. The molecule has 2 fully saturated rings. The molecule has 2 aliphatic rings. The third kappa shape index (κ3) is 5.68. The molecule has 148 valence electrons. The SMILES string of the molecule is O=C(NCCCCC(=O)N1CCCC2CCCCC21)Nc1ccc(F)cc1. The predicted molar refractivity (Wildman–Crippen MR) is 104 cm³/mol. The van der Waals surface area contributed by atoms with Crippen molar-refractivity contribution in [3.63, 3.8) is 0 Å². The van der Waals surface area contributed by atoms with Gasteiger partial charge in [0, 0.05) is 31.2 Å². The van der Waals surface area contributed by atoms with Crippen LogP contribution < -0.4 is 10.6 Å². The third-order valence-electron chi connectivity index (χ3n) is 5.77. The van der Waals surface area contributed by atoms with Gasteiger partial charge in [-0.05, 0) is 68.7 Å². The number of hydrogen-bond acceptors (Lipinski definition) is 2. The monoisotopic (exact) mass is 375 g/mol. The molecule has 1 saturated carbocycles. The van der Waals surface area contributed by atoms with Crippen molar-refractivity contribution in [2.75, 3.05) is 18.4 Å². The quantitative estimate of drug-likeness (QED) is 0.728. The zero-order valence-corrected chi connectivity index (χ0v) is 15.9. The molecule has 0 spiro atoms. The van der Waals surface area contributed by atoms with Crippen LogP contribution in [-0.2, 0) is 4.79 Å². The molecule has 1 aromatic rings. The Hall–Kier alpha value is -2.11. The van der Waals surface area contributed by atoms with Crippen LogP contribution in [0.15, 0.2) is 24.3 Å². The number of rotatable bonds is 6. The fraction of sp³-hybridized carbons (Fsp3) is 0.619. The summed E-state index contributed by atoms with van der Waals surface area (Å²) in [6.45, 7) is 1.44. The first-order valence-electron chi connectivity index (χ1n) is 10.2. The van der Waals surface area contributed by atoms with E-state index in [1.165, 1.54) is 56.4 Å². The van der Waals surface area contributed by atoms with Crippen molar-refractivity contribution in [2.45, 2.75) is 63.8 Å². The Balaban J connectivity index is 1.32. The highest BCUT2D eigenvalue weighted by Crippen LogP contribution is 2.35. The largest absolute Gasteiger partial charge is 0.339 e. The molecule has 1 aliphatic carbocycles. The minimum Gasteiger partial charge on any atom is -0.339 e. The van der Waals surface area contributed by atoms with E-state index in [1.807, 2.05) is 0 Å². The minimum atomic E-state index is -0.334. The molecular formula is C21H30FN3O2. The van der Waals surface area contributed by atoms with Gasteiger partial charge in [-0.3, -0.25) is 4.79 Å². The van der Waals surface area contributed by atoms with Crippen LogP contribution in [0.5, 0.6) is 0 Å². The van der Waals surface area contributed by atoms with Crippen LogP contribution in [0.3, 0.4) is 0 Å². The molecule has 0 aromatic heterocycles. The van der Waals surface area contributed by atoms with Gasteiger partial charge < -0.3 is 15.5 Å². The predicted octanol–water partition coefficient (Wildman–Crippen LogP) is 4.30. The number of piperidine rings is 1. The molecule has 0 radical (unpaired) electrons. The second-order valence-corrected chi connectivity index (χ2v) is 7.69. The van der Waals surface area contributed by atoms with Crippen LogP contribution in [0.4, 0.5) is 14.9 Å². The normalized spacial score (nSPS) is 22.0. The van der Waals surface area contributed by atoms with Crippen molar-refractivity contribution < 1.29 is 14.0 Å². The fourth-order valence-corrected chi connectivity index (χ4v) is 4.39. The van der Waals surface area contributed by atoms with Gasteiger partial charge in [-0.15, -0.1) is 0 Å². The van der Waals surface area contributed by atoms with Crippen molar-refractivity contribution in [2.24, 2.45) is 5.92 Å². The summed E-state index contributed by atoms with van der Waals surface area (Å²) in [5, 5.41) is 5.44. The highest BCUT2D eigenvalue weighted by molar-refractivity contribution is 5.89. The molecule has 27 heavy (non-hydrogen) atoms. The summed E-state index contributed by atoms with van der Waals surface area (Å²) in [6.07, 6.45) is 9.54. The van der Waals surface area contributed by atoms with E-state index in [1.54, 1.807) is 0 Å². The lowest BCUT2D eigenvalue weighted by atomic mass is 9.78. The number of hydrogen-bond donors (Lipinski definition) is 2. The zero-order valence-electron chi connectivity index (χ0n) is 15.9. The molecule has 2 unspecified atom stereocenters. The second kappa shape index (κ2) is 9.72. The number of nitrogens with one attached hydrogen (secondary N) is 2. The topological polar surface area (TPSA) is 61.4 Å². The highest BCUT2D eigenvalue weighted by atomic mass is 19.1. The van der Waals surface area contributed by atoms with E-state index in [0.717, 1.165) is 25.8 Å². The maximum absolute atomic E-state index is 12.8. The molecule has 1 aromatic carbocycles. The average molecular weight is 375 g/mol. The Labute approximate surface area is 160 Å². The van der Waals surface area contributed by atoms with Gasteiger partial charge in [0.1, 0.15) is 5.82 Å². The van der Waals surface area contributed by atoms with Gasteiger partial charge in [0.15, 0.2) is 0 Å². The summed E-state index contributed by atoms with van der Waals surface area (Å²) in [4.78, 5) is 26.6. The number of urea groups is 1. The van der Waals surface area contributed by atoms with Gasteiger partial charge in [0.2, 0.25) is 5.91 Å². The molecule has 3 amide bonds. The average Bonchev–Trinajstić information content (AvgIpc) is 2.69.